The molecule has 0 bridgehead atoms. The number of nitrogens with two attached hydrogens (primary N) is 1. The Morgan fingerprint density at radius 1 is 1.44 bits per heavy atom. The SMILES string of the molecule is COC(C)CNC(=O)CCC(C)(C)CCN. The number of carbonyl (C=O) groups excluding carboxylic acids is 1. The van der Waals surface area contributed by atoms with E-state index in [2.05, 4.69) is 19.2 Å². The molecule has 1 unspecified atom stereocenters. The maximum atomic E-state index is 11.5. The van der Waals surface area contributed by atoms with Crippen molar-refractivity contribution in [3.63, 3.8) is 0 Å². The van der Waals surface area contributed by atoms with Gasteiger partial charge in [-0.2, -0.15) is 0 Å². The predicted molar refractivity (Wildman–Crippen MR) is 66.2 cm³/mol. The molecule has 16 heavy (non-hydrogen) atoms. The highest BCUT2D eigenvalue weighted by Gasteiger charge is 2.18. The van der Waals surface area contributed by atoms with Crippen LogP contribution in [-0.4, -0.2) is 32.2 Å². The number of ether oxygens (including phenoxy) is 1. The van der Waals surface area contributed by atoms with E-state index in [-0.39, 0.29) is 17.4 Å². The van der Waals surface area contributed by atoms with Crippen LogP contribution < -0.4 is 11.1 Å². The van der Waals surface area contributed by atoms with Gasteiger partial charge in [-0.1, -0.05) is 13.8 Å². The van der Waals surface area contributed by atoms with Crippen molar-refractivity contribution < 1.29 is 9.53 Å². The molecule has 0 aliphatic rings. The summed E-state index contributed by atoms with van der Waals surface area (Å²) in [6.45, 7) is 7.47. The molecule has 1 amide bonds. The number of hydrogen-bond donors (Lipinski definition) is 2. The normalized spacial score (nSPS) is 13.6. The van der Waals surface area contributed by atoms with Gasteiger partial charge in [-0.25, -0.2) is 0 Å². The zero-order valence-electron chi connectivity index (χ0n) is 11.0. The van der Waals surface area contributed by atoms with E-state index in [1.165, 1.54) is 0 Å². The molecule has 3 N–H and O–H groups in total. The first-order valence-corrected chi connectivity index (χ1v) is 5.91. The van der Waals surface area contributed by atoms with Gasteiger partial charge in [-0.3, -0.25) is 4.79 Å². The van der Waals surface area contributed by atoms with Gasteiger partial charge in [0.1, 0.15) is 0 Å². The van der Waals surface area contributed by atoms with Gasteiger partial charge in [-0.15, -0.1) is 0 Å². The van der Waals surface area contributed by atoms with E-state index in [0.29, 0.717) is 19.5 Å². The predicted octanol–water partition coefficient (Wildman–Crippen LogP) is 1.29. The highest BCUT2D eigenvalue weighted by molar-refractivity contribution is 5.75. The molecule has 4 heteroatoms. The minimum atomic E-state index is 0.0704. The fraction of sp³-hybridized carbons (Fsp3) is 0.917. The molecular formula is C12H26N2O2. The average Bonchev–Trinajstić information content (AvgIpc) is 2.23. The van der Waals surface area contributed by atoms with Gasteiger partial charge < -0.3 is 15.8 Å². The van der Waals surface area contributed by atoms with Gasteiger partial charge in [0.25, 0.3) is 0 Å². The number of carbonyl (C=O) groups is 1. The molecule has 96 valence electrons. The van der Waals surface area contributed by atoms with Crippen LogP contribution in [0.4, 0.5) is 0 Å². The lowest BCUT2D eigenvalue weighted by Crippen LogP contribution is -2.32. The standard InChI is InChI=1S/C12H26N2O2/c1-10(16-4)9-14-11(15)5-6-12(2,3)7-8-13/h10H,5-9,13H2,1-4H3,(H,14,15). The van der Waals surface area contributed by atoms with E-state index < -0.39 is 0 Å². The Labute approximate surface area is 98.9 Å². The van der Waals surface area contributed by atoms with Gasteiger partial charge in [0.05, 0.1) is 6.10 Å². The lowest BCUT2D eigenvalue weighted by atomic mass is 9.84. The molecule has 0 radical (unpaired) electrons. The Bertz CT molecular complexity index is 205. The third kappa shape index (κ3) is 7.65. The van der Waals surface area contributed by atoms with Crippen molar-refractivity contribution in [2.24, 2.45) is 11.1 Å². The monoisotopic (exact) mass is 230 g/mol. The first kappa shape index (κ1) is 15.4. The van der Waals surface area contributed by atoms with Crippen molar-refractivity contribution in [2.75, 3.05) is 20.2 Å². The summed E-state index contributed by atoms with van der Waals surface area (Å²) in [6, 6.07) is 0. The van der Waals surface area contributed by atoms with Gasteiger partial charge in [0.15, 0.2) is 0 Å². The van der Waals surface area contributed by atoms with E-state index in [1.807, 2.05) is 6.92 Å². The number of amides is 1. The second-order valence-corrected chi connectivity index (χ2v) is 5.05. The summed E-state index contributed by atoms with van der Waals surface area (Å²) in [5.74, 6) is 0.0917. The fourth-order valence-electron chi connectivity index (χ4n) is 1.40. The minimum absolute atomic E-state index is 0.0704. The molecule has 0 rings (SSSR count). The molecule has 4 nitrogen and oxygen atoms in total. The molecule has 0 spiro atoms. The Hall–Kier alpha value is -0.610. The van der Waals surface area contributed by atoms with Crippen LogP contribution in [0.2, 0.25) is 0 Å². The van der Waals surface area contributed by atoms with Crippen molar-refractivity contribution >= 4 is 5.91 Å². The Kier molecular flexibility index (Phi) is 7.34. The number of methoxy groups -OCH3 is 1. The van der Waals surface area contributed by atoms with Crippen LogP contribution in [0.15, 0.2) is 0 Å². The van der Waals surface area contributed by atoms with Crippen LogP contribution >= 0.6 is 0 Å². The zero-order chi connectivity index (χ0) is 12.6. The smallest absolute Gasteiger partial charge is 0.220 e. The highest BCUT2D eigenvalue weighted by Crippen LogP contribution is 2.25. The molecule has 0 saturated carbocycles. The van der Waals surface area contributed by atoms with Crippen molar-refractivity contribution in [3.8, 4) is 0 Å². The molecule has 0 aromatic carbocycles. The third-order valence-electron chi connectivity index (χ3n) is 2.84. The molecule has 0 aliphatic carbocycles. The zero-order valence-corrected chi connectivity index (χ0v) is 11.0. The Morgan fingerprint density at radius 3 is 2.56 bits per heavy atom. The topological polar surface area (TPSA) is 64.3 Å². The largest absolute Gasteiger partial charge is 0.380 e. The molecular weight excluding hydrogens is 204 g/mol. The van der Waals surface area contributed by atoms with Gasteiger partial charge in [0.2, 0.25) is 5.91 Å². The molecule has 0 fully saturated rings. The number of hydrogen-bond acceptors (Lipinski definition) is 3. The van der Waals surface area contributed by atoms with Crippen LogP contribution in [-0.2, 0) is 9.53 Å². The molecule has 0 heterocycles. The van der Waals surface area contributed by atoms with Crippen LogP contribution in [0.5, 0.6) is 0 Å². The summed E-state index contributed by atoms with van der Waals surface area (Å²) in [5.41, 5.74) is 5.67. The summed E-state index contributed by atoms with van der Waals surface area (Å²) < 4.78 is 5.05. The lowest BCUT2D eigenvalue weighted by Gasteiger charge is -2.23. The second-order valence-electron chi connectivity index (χ2n) is 5.05. The summed E-state index contributed by atoms with van der Waals surface area (Å²) in [5, 5.41) is 2.85. The average molecular weight is 230 g/mol. The maximum absolute atomic E-state index is 11.5. The second kappa shape index (κ2) is 7.63. The van der Waals surface area contributed by atoms with Crippen LogP contribution in [0.1, 0.15) is 40.0 Å². The van der Waals surface area contributed by atoms with E-state index >= 15 is 0 Å². The summed E-state index contributed by atoms with van der Waals surface area (Å²) in [4.78, 5) is 11.5. The molecule has 0 aliphatic heterocycles. The Balaban J connectivity index is 3.72. The van der Waals surface area contributed by atoms with Crippen molar-refractivity contribution in [1.29, 1.82) is 0 Å². The van der Waals surface area contributed by atoms with E-state index in [0.717, 1.165) is 12.8 Å². The first-order chi connectivity index (χ1) is 7.41. The summed E-state index contributed by atoms with van der Waals surface area (Å²) >= 11 is 0. The quantitative estimate of drug-likeness (QED) is 0.660. The van der Waals surface area contributed by atoms with Crippen molar-refractivity contribution in [2.45, 2.75) is 46.1 Å². The van der Waals surface area contributed by atoms with Gasteiger partial charge in [-0.05, 0) is 31.7 Å². The fourth-order valence-corrected chi connectivity index (χ4v) is 1.40. The highest BCUT2D eigenvalue weighted by atomic mass is 16.5. The van der Waals surface area contributed by atoms with Crippen molar-refractivity contribution in [1.82, 2.24) is 5.32 Å². The third-order valence-corrected chi connectivity index (χ3v) is 2.84. The minimum Gasteiger partial charge on any atom is -0.380 e. The molecule has 0 aromatic heterocycles. The molecule has 0 saturated heterocycles. The maximum Gasteiger partial charge on any atom is 0.220 e. The lowest BCUT2D eigenvalue weighted by molar-refractivity contribution is -0.122. The van der Waals surface area contributed by atoms with Gasteiger partial charge in [0, 0.05) is 20.1 Å². The molecule has 0 aromatic rings. The van der Waals surface area contributed by atoms with Crippen LogP contribution in [0.3, 0.4) is 0 Å². The van der Waals surface area contributed by atoms with E-state index in [9.17, 15) is 4.79 Å². The van der Waals surface area contributed by atoms with Crippen LogP contribution in [0.25, 0.3) is 0 Å². The first-order valence-electron chi connectivity index (χ1n) is 5.91. The van der Waals surface area contributed by atoms with E-state index in [1.54, 1.807) is 7.11 Å². The molecule has 1 atom stereocenters. The van der Waals surface area contributed by atoms with Gasteiger partial charge >= 0.3 is 0 Å². The number of nitrogens with one attached hydrogen (secondary N) is 1. The number of rotatable bonds is 8. The van der Waals surface area contributed by atoms with Crippen molar-refractivity contribution in [3.05, 3.63) is 0 Å². The Morgan fingerprint density at radius 2 is 2.06 bits per heavy atom. The summed E-state index contributed by atoms with van der Waals surface area (Å²) in [7, 11) is 1.64. The van der Waals surface area contributed by atoms with Crippen LogP contribution in [0, 0.1) is 5.41 Å². The van der Waals surface area contributed by atoms with E-state index in [4.69, 9.17) is 10.5 Å². The summed E-state index contributed by atoms with van der Waals surface area (Å²) in [6.07, 6.45) is 2.45.